The van der Waals surface area contributed by atoms with Crippen molar-refractivity contribution in [2.24, 2.45) is 17.1 Å². The van der Waals surface area contributed by atoms with Gasteiger partial charge in [-0.25, -0.2) is 0 Å². The van der Waals surface area contributed by atoms with Gasteiger partial charge in [-0.15, -0.1) is 0 Å². The Morgan fingerprint density at radius 2 is 2.12 bits per heavy atom. The van der Waals surface area contributed by atoms with E-state index in [0.29, 0.717) is 5.92 Å². The van der Waals surface area contributed by atoms with Crippen LogP contribution in [-0.2, 0) is 4.79 Å². The van der Waals surface area contributed by atoms with Crippen molar-refractivity contribution in [1.82, 2.24) is 9.80 Å². The van der Waals surface area contributed by atoms with Crippen LogP contribution < -0.4 is 5.73 Å². The lowest BCUT2D eigenvalue weighted by molar-refractivity contribution is -0.134. The normalized spacial score (nSPS) is 23.8. The molecule has 1 amide bonds. The lowest BCUT2D eigenvalue weighted by atomic mass is 9.86. The Morgan fingerprint density at radius 3 is 2.53 bits per heavy atom. The molecule has 1 aliphatic heterocycles. The second-order valence-corrected chi connectivity index (χ2v) is 6.48. The molecule has 2 N–H and O–H groups in total. The van der Waals surface area contributed by atoms with E-state index in [-0.39, 0.29) is 11.3 Å². The number of carbonyl (C=O) groups is 1. The van der Waals surface area contributed by atoms with Gasteiger partial charge in [-0.1, -0.05) is 20.8 Å². The van der Waals surface area contributed by atoms with Gasteiger partial charge in [0, 0.05) is 20.1 Å². The molecule has 1 heterocycles. The van der Waals surface area contributed by atoms with Crippen molar-refractivity contribution in [1.29, 1.82) is 0 Å². The molecular formula is C13H27N3O. The molecule has 1 rings (SSSR count). The van der Waals surface area contributed by atoms with Gasteiger partial charge in [0.2, 0.25) is 5.91 Å². The first-order chi connectivity index (χ1) is 7.71. The van der Waals surface area contributed by atoms with Gasteiger partial charge in [-0.2, -0.15) is 0 Å². The third-order valence-corrected chi connectivity index (χ3v) is 3.60. The maximum atomic E-state index is 12.1. The summed E-state index contributed by atoms with van der Waals surface area (Å²) in [6.45, 7) is 9.07. The quantitative estimate of drug-likeness (QED) is 0.794. The first kappa shape index (κ1) is 14.5. The molecule has 17 heavy (non-hydrogen) atoms. The Morgan fingerprint density at radius 1 is 1.53 bits per heavy atom. The van der Waals surface area contributed by atoms with Crippen molar-refractivity contribution >= 4 is 5.91 Å². The molecule has 0 saturated carbocycles. The number of nitrogens with zero attached hydrogens (tertiary/aromatic N) is 2. The monoisotopic (exact) mass is 241 g/mol. The number of carbonyl (C=O) groups excluding carboxylic acids is 1. The van der Waals surface area contributed by atoms with Crippen molar-refractivity contribution in [3.63, 3.8) is 0 Å². The third-order valence-electron chi connectivity index (χ3n) is 3.60. The van der Waals surface area contributed by atoms with Crippen LogP contribution >= 0.6 is 0 Å². The topological polar surface area (TPSA) is 49.6 Å². The van der Waals surface area contributed by atoms with E-state index >= 15 is 0 Å². The maximum Gasteiger partial charge on any atom is 0.239 e. The molecule has 2 atom stereocenters. The van der Waals surface area contributed by atoms with Gasteiger partial charge in [-0.05, 0) is 31.3 Å². The van der Waals surface area contributed by atoms with Crippen LogP contribution in [0, 0.1) is 11.3 Å². The van der Waals surface area contributed by atoms with Crippen molar-refractivity contribution in [3.8, 4) is 0 Å². The molecular weight excluding hydrogens is 214 g/mol. The highest BCUT2D eigenvalue weighted by atomic mass is 16.2. The van der Waals surface area contributed by atoms with Crippen LogP contribution in [-0.4, -0.2) is 55.5 Å². The molecule has 100 valence electrons. The van der Waals surface area contributed by atoms with Crippen molar-refractivity contribution in [2.75, 3.05) is 33.7 Å². The predicted octanol–water partition coefficient (Wildman–Crippen LogP) is 0.770. The number of likely N-dealkylation sites (tertiary alicyclic amines) is 1. The fourth-order valence-electron chi connectivity index (χ4n) is 2.26. The highest BCUT2D eigenvalue weighted by Crippen LogP contribution is 2.20. The minimum Gasteiger partial charge on any atom is -0.344 e. The first-order valence-electron chi connectivity index (χ1n) is 6.41. The number of amides is 1. The summed E-state index contributed by atoms with van der Waals surface area (Å²) >= 11 is 0. The van der Waals surface area contributed by atoms with Crippen LogP contribution in [0.15, 0.2) is 0 Å². The Hall–Kier alpha value is -0.610. The predicted molar refractivity (Wildman–Crippen MR) is 70.7 cm³/mol. The van der Waals surface area contributed by atoms with Gasteiger partial charge in [0.05, 0.1) is 6.04 Å². The van der Waals surface area contributed by atoms with E-state index in [2.05, 4.69) is 11.9 Å². The zero-order chi connectivity index (χ0) is 13.2. The summed E-state index contributed by atoms with van der Waals surface area (Å²) in [5.41, 5.74) is 5.83. The van der Waals surface area contributed by atoms with E-state index in [1.165, 1.54) is 6.42 Å². The van der Waals surface area contributed by atoms with Gasteiger partial charge in [0.1, 0.15) is 0 Å². The second-order valence-electron chi connectivity index (χ2n) is 6.48. The van der Waals surface area contributed by atoms with E-state index in [1.807, 2.05) is 27.8 Å². The van der Waals surface area contributed by atoms with Crippen LogP contribution in [0.5, 0.6) is 0 Å². The van der Waals surface area contributed by atoms with Gasteiger partial charge < -0.3 is 15.5 Å². The molecule has 0 aromatic carbocycles. The molecule has 0 radical (unpaired) electrons. The van der Waals surface area contributed by atoms with Gasteiger partial charge in [0.25, 0.3) is 0 Å². The average Bonchev–Trinajstić information content (AvgIpc) is 2.60. The SMILES string of the molecule is CN1CCC(CN(C)C(=O)[C@@H](N)C(C)(C)C)C1. The first-order valence-corrected chi connectivity index (χ1v) is 6.41. The molecule has 4 heteroatoms. The highest BCUT2D eigenvalue weighted by molar-refractivity contribution is 5.82. The van der Waals surface area contributed by atoms with Crippen molar-refractivity contribution < 1.29 is 4.79 Å². The summed E-state index contributed by atoms with van der Waals surface area (Å²) in [4.78, 5) is 16.3. The third kappa shape index (κ3) is 3.96. The number of rotatable bonds is 3. The van der Waals surface area contributed by atoms with E-state index in [9.17, 15) is 4.79 Å². The summed E-state index contributed by atoms with van der Waals surface area (Å²) in [6, 6.07) is -0.411. The number of nitrogens with two attached hydrogens (primary N) is 1. The van der Waals surface area contributed by atoms with Crippen LogP contribution in [0.3, 0.4) is 0 Å². The summed E-state index contributed by atoms with van der Waals surface area (Å²) in [5, 5.41) is 0. The summed E-state index contributed by atoms with van der Waals surface area (Å²) < 4.78 is 0. The molecule has 0 aromatic heterocycles. The lowest BCUT2D eigenvalue weighted by Gasteiger charge is -2.31. The van der Waals surface area contributed by atoms with Crippen molar-refractivity contribution in [2.45, 2.75) is 33.2 Å². The smallest absolute Gasteiger partial charge is 0.239 e. The van der Waals surface area contributed by atoms with Crippen LogP contribution in [0.1, 0.15) is 27.2 Å². The van der Waals surface area contributed by atoms with E-state index in [1.54, 1.807) is 4.90 Å². The van der Waals surface area contributed by atoms with Gasteiger partial charge in [0.15, 0.2) is 0 Å². The number of hydrogen-bond acceptors (Lipinski definition) is 3. The standard InChI is InChI=1S/C13H27N3O/c1-13(2,3)11(14)12(17)16(5)9-10-6-7-15(4)8-10/h10-11H,6-9,14H2,1-5H3/t10?,11-/m1/s1. The van der Waals surface area contributed by atoms with Gasteiger partial charge >= 0.3 is 0 Å². The van der Waals surface area contributed by atoms with Crippen LogP contribution in [0.2, 0.25) is 0 Å². The van der Waals surface area contributed by atoms with Crippen LogP contribution in [0.25, 0.3) is 0 Å². The fraction of sp³-hybridized carbons (Fsp3) is 0.923. The molecule has 4 nitrogen and oxygen atoms in total. The Balaban J connectivity index is 2.47. The fourth-order valence-corrected chi connectivity index (χ4v) is 2.26. The Bertz CT molecular complexity index is 272. The van der Waals surface area contributed by atoms with E-state index in [4.69, 9.17) is 5.73 Å². The number of likely N-dealkylation sites (N-methyl/N-ethyl adjacent to an activating group) is 1. The zero-order valence-corrected chi connectivity index (χ0v) is 11.9. The lowest BCUT2D eigenvalue weighted by Crippen LogP contribution is -2.50. The van der Waals surface area contributed by atoms with E-state index in [0.717, 1.165) is 19.6 Å². The summed E-state index contributed by atoms with van der Waals surface area (Å²) in [5.74, 6) is 0.660. The van der Waals surface area contributed by atoms with Crippen molar-refractivity contribution in [3.05, 3.63) is 0 Å². The minimum absolute atomic E-state index is 0.0621. The maximum absolute atomic E-state index is 12.1. The summed E-state index contributed by atoms with van der Waals surface area (Å²) in [7, 11) is 4.00. The van der Waals surface area contributed by atoms with E-state index < -0.39 is 6.04 Å². The minimum atomic E-state index is -0.411. The Labute approximate surface area is 105 Å². The Kier molecular flexibility index (Phi) is 4.55. The molecule has 0 aliphatic carbocycles. The van der Waals surface area contributed by atoms with Gasteiger partial charge in [-0.3, -0.25) is 4.79 Å². The molecule has 0 aromatic rings. The molecule has 1 fully saturated rings. The highest BCUT2D eigenvalue weighted by Gasteiger charge is 2.31. The average molecular weight is 241 g/mol. The molecule has 0 bridgehead atoms. The molecule has 1 aliphatic rings. The molecule has 1 saturated heterocycles. The van der Waals surface area contributed by atoms with Crippen LogP contribution in [0.4, 0.5) is 0 Å². The largest absolute Gasteiger partial charge is 0.344 e. The molecule has 1 unspecified atom stereocenters. The zero-order valence-electron chi connectivity index (χ0n) is 11.9. The number of hydrogen-bond donors (Lipinski definition) is 1. The summed E-state index contributed by atoms with van der Waals surface area (Å²) in [6.07, 6.45) is 1.18. The second kappa shape index (κ2) is 5.36. The molecule has 0 spiro atoms.